The molecule has 0 saturated heterocycles. The number of carbonyl (C=O) groups excluding carboxylic acids is 3. The van der Waals surface area contributed by atoms with Crippen LogP contribution in [0.3, 0.4) is 0 Å². The molecule has 0 atom stereocenters. The van der Waals surface area contributed by atoms with Gasteiger partial charge in [0.2, 0.25) is 11.8 Å². The van der Waals surface area contributed by atoms with Gasteiger partial charge in [-0.1, -0.05) is 12.1 Å². The Bertz CT molecular complexity index is 655. The van der Waals surface area contributed by atoms with E-state index in [0.29, 0.717) is 25.3 Å². The van der Waals surface area contributed by atoms with Gasteiger partial charge in [-0.3, -0.25) is 9.59 Å². The van der Waals surface area contributed by atoms with Crippen LogP contribution in [0, 0.1) is 0 Å². The van der Waals surface area contributed by atoms with Crippen LogP contribution in [0.25, 0.3) is 0 Å². The lowest BCUT2D eigenvalue weighted by Crippen LogP contribution is -2.35. The Hall–Kier alpha value is -2.77. The number of hydrogen-bond acceptors (Lipinski definition) is 5. The first kappa shape index (κ1) is 23.3. The lowest BCUT2D eigenvalue weighted by molar-refractivity contribution is -0.121. The van der Waals surface area contributed by atoms with E-state index >= 15 is 0 Å². The van der Waals surface area contributed by atoms with Gasteiger partial charge in [-0.05, 0) is 44.9 Å². The molecule has 8 nitrogen and oxygen atoms in total. The van der Waals surface area contributed by atoms with Crippen LogP contribution < -0.4 is 20.7 Å². The van der Waals surface area contributed by atoms with Gasteiger partial charge in [-0.2, -0.15) is 0 Å². The van der Waals surface area contributed by atoms with Crippen molar-refractivity contribution in [2.45, 2.75) is 45.6 Å². The van der Waals surface area contributed by atoms with Gasteiger partial charge in [-0.15, -0.1) is 0 Å². The van der Waals surface area contributed by atoms with Gasteiger partial charge < -0.3 is 25.4 Å². The molecule has 1 aromatic rings. The van der Waals surface area contributed by atoms with Crippen molar-refractivity contribution in [3.63, 3.8) is 0 Å². The van der Waals surface area contributed by atoms with Crippen LogP contribution in [0.1, 0.15) is 39.2 Å². The fourth-order valence-corrected chi connectivity index (χ4v) is 2.25. The maximum atomic E-state index is 11.9. The summed E-state index contributed by atoms with van der Waals surface area (Å²) in [6.07, 6.45) is 0.523. The fraction of sp³-hybridized carbons (Fsp3) is 0.550. The van der Waals surface area contributed by atoms with E-state index in [-0.39, 0.29) is 31.2 Å². The highest BCUT2D eigenvalue weighted by atomic mass is 16.6. The molecule has 3 N–H and O–H groups in total. The molecule has 0 aliphatic rings. The largest absolute Gasteiger partial charge is 0.497 e. The molecule has 0 aromatic heterocycles. The van der Waals surface area contributed by atoms with Gasteiger partial charge in [0.1, 0.15) is 11.4 Å². The van der Waals surface area contributed by atoms with E-state index < -0.39 is 11.7 Å². The molecule has 0 radical (unpaired) electrons. The van der Waals surface area contributed by atoms with Crippen molar-refractivity contribution < 1.29 is 23.9 Å². The van der Waals surface area contributed by atoms with Crippen LogP contribution in [-0.2, 0) is 20.7 Å². The zero-order valence-electron chi connectivity index (χ0n) is 17.1. The molecule has 28 heavy (non-hydrogen) atoms. The van der Waals surface area contributed by atoms with Crippen LogP contribution in [0.15, 0.2) is 24.3 Å². The first-order valence-electron chi connectivity index (χ1n) is 9.33. The van der Waals surface area contributed by atoms with Crippen molar-refractivity contribution in [1.82, 2.24) is 16.0 Å². The molecule has 156 valence electrons. The van der Waals surface area contributed by atoms with Gasteiger partial charge >= 0.3 is 6.09 Å². The Labute approximate surface area is 166 Å². The van der Waals surface area contributed by atoms with Gasteiger partial charge in [-0.25, -0.2) is 4.79 Å². The smallest absolute Gasteiger partial charge is 0.407 e. The number of amides is 3. The average Bonchev–Trinajstić information content (AvgIpc) is 2.60. The van der Waals surface area contributed by atoms with Crippen molar-refractivity contribution in [3.05, 3.63) is 29.8 Å². The molecule has 0 heterocycles. The second-order valence-electron chi connectivity index (χ2n) is 7.26. The topological polar surface area (TPSA) is 106 Å². The second-order valence-corrected chi connectivity index (χ2v) is 7.26. The molecule has 0 aliphatic carbocycles. The number of benzene rings is 1. The van der Waals surface area contributed by atoms with Gasteiger partial charge in [0.05, 0.1) is 13.5 Å². The number of ether oxygens (including phenoxy) is 2. The predicted octanol–water partition coefficient (Wildman–Crippen LogP) is 1.77. The Balaban J connectivity index is 2.09. The Morgan fingerprint density at radius 3 is 2.29 bits per heavy atom. The van der Waals surface area contributed by atoms with Crippen LogP contribution in [0.5, 0.6) is 5.75 Å². The molecular weight excluding hydrogens is 362 g/mol. The second kappa shape index (κ2) is 11.8. The van der Waals surface area contributed by atoms with Crippen LogP contribution in [0.2, 0.25) is 0 Å². The van der Waals surface area contributed by atoms with Gasteiger partial charge in [0.15, 0.2) is 0 Å². The van der Waals surface area contributed by atoms with Crippen molar-refractivity contribution in [1.29, 1.82) is 0 Å². The standard InChI is InChI=1S/C20H31N3O5/c1-20(2,3)28-19(26)23-12-9-17(24)21-10-6-11-22-18(25)14-15-7-5-8-16(13-15)27-4/h5,7-8,13H,6,9-12,14H2,1-4H3,(H,21,24)(H,22,25)(H,23,26). The number of carbonyl (C=O) groups is 3. The minimum atomic E-state index is -0.566. The normalized spacial score (nSPS) is 10.7. The molecule has 0 saturated carbocycles. The maximum absolute atomic E-state index is 11.9. The fourth-order valence-electron chi connectivity index (χ4n) is 2.25. The molecule has 3 amide bonds. The monoisotopic (exact) mass is 393 g/mol. The minimum absolute atomic E-state index is 0.0823. The molecule has 0 aliphatic heterocycles. The number of alkyl carbamates (subject to hydrolysis) is 1. The third kappa shape index (κ3) is 11.1. The Kier molecular flexibility index (Phi) is 9.84. The summed E-state index contributed by atoms with van der Waals surface area (Å²) in [5.74, 6) is 0.467. The molecule has 1 aromatic carbocycles. The number of nitrogens with one attached hydrogen (secondary N) is 3. The predicted molar refractivity (Wildman–Crippen MR) is 106 cm³/mol. The summed E-state index contributed by atoms with van der Waals surface area (Å²) in [4.78, 5) is 35.1. The molecular formula is C20H31N3O5. The van der Waals surface area contributed by atoms with Crippen LogP contribution in [0.4, 0.5) is 4.79 Å². The third-order valence-electron chi connectivity index (χ3n) is 3.52. The highest BCUT2D eigenvalue weighted by Gasteiger charge is 2.15. The van der Waals surface area contributed by atoms with E-state index in [1.165, 1.54) is 0 Å². The van der Waals surface area contributed by atoms with Gasteiger partial charge in [0.25, 0.3) is 0 Å². The Morgan fingerprint density at radius 1 is 0.964 bits per heavy atom. The zero-order chi connectivity index (χ0) is 21.0. The quantitative estimate of drug-likeness (QED) is 0.526. The molecule has 0 bridgehead atoms. The molecule has 0 fully saturated rings. The first-order valence-corrected chi connectivity index (χ1v) is 9.33. The number of rotatable bonds is 10. The summed E-state index contributed by atoms with van der Waals surface area (Å²) in [5, 5.41) is 8.09. The van der Waals surface area contributed by atoms with Crippen LogP contribution in [-0.4, -0.2) is 50.3 Å². The lowest BCUT2D eigenvalue weighted by Gasteiger charge is -2.19. The molecule has 8 heteroatoms. The summed E-state index contributed by atoms with van der Waals surface area (Å²) < 4.78 is 10.2. The summed E-state index contributed by atoms with van der Waals surface area (Å²) in [6, 6.07) is 7.36. The van der Waals surface area contributed by atoms with Crippen molar-refractivity contribution in [2.24, 2.45) is 0 Å². The number of methoxy groups -OCH3 is 1. The SMILES string of the molecule is COc1cccc(CC(=O)NCCCNC(=O)CCNC(=O)OC(C)(C)C)c1. The zero-order valence-corrected chi connectivity index (χ0v) is 17.1. The van der Waals surface area contributed by atoms with Crippen LogP contribution >= 0.6 is 0 Å². The van der Waals surface area contributed by atoms with E-state index in [1.807, 2.05) is 24.3 Å². The van der Waals surface area contributed by atoms with Gasteiger partial charge in [0, 0.05) is 26.1 Å². The van der Waals surface area contributed by atoms with Crippen molar-refractivity contribution in [3.8, 4) is 5.75 Å². The minimum Gasteiger partial charge on any atom is -0.497 e. The van der Waals surface area contributed by atoms with E-state index in [4.69, 9.17) is 9.47 Å². The summed E-state index contributed by atoms with van der Waals surface area (Å²) >= 11 is 0. The molecule has 0 spiro atoms. The highest BCUT2D eigenvalue weighted by molar-refractivity contribution is 5.78. The van der Waals surface area contributed by atoms with Crippen molar-refractivity contribution >= 4 is 17.9 Å². The summed E-state index contributed by atoms with van der Waals surface area (Å²) in [7, 11) is 1.58. The first-order chi connectivity index (χ1) is 13.2. The van der Waals surface area contributed by atoms with Crippen molar-refractivity contribution in [2.75, 3.05) is 26.7 Å². The average molecular weight is 393 g/mol. The third-order valence-corrected chi connectivity index (χ3v) is 3.52. The molecule has 1 rings (SSSR count). The number of hydrogen-bond donors (Lipinski definition) is 3. The van der Waals surface area contributed by atoms with E-state index in [2.05, 4.69) is 16.0 Å². The van der Waals surface area contributed by atoms with E-state index in [0.717, 1.165) is 5.56 Å². The summed E-state index contributed by atoms with van der Waals surface area (Å²) in [5.41, 5.74) is 0.311. The summed E-state index contributed by atoms with van der Waals surface area (Å²) in [6.45, 7) is 6.44. The Morgan fingerprint density at radius 2 is 1.64 bits per heavy atom. The van der Waals surface area contributed by atoms with E-state index in [9.17, 15) is 14.4 Å². The van der Waals surface area contributed by atoms with E-state index in [1.54, 1.807) is 27.9 Å². The highest BCUT2D eigenvalue weighted by Crippen LogP contribution is 2.12. The molecule has 0 unspecified atom stereocenters. The lowest BCUT2D eigenvalue weighted by atomic mass is 10.1. The maximum Gasteiger partial charge on any atom is 0.407 e.